The smallest absolute Gasteiger partial charge is 0.223 e. The molecule has 2 rings (SSSR count). The zero-order valence-corrected chi connectivity index (χ0v) is 11.6. The molecule has 2 amide bonds. The highest BCUT2D eigenvalue weighted by Crippen LogP contribution is 2.39. The van der Waals surface area contributed by atoms with Crippen LogP contribution in [0.4, 0.5) is 0 Å². The van der Waals surface area contributed by atoms with Gasteiger partial charge < -0.3 is 16.4 Å². The molecule has 108 valence electrons. The number of hydrogen-bond acceptors (Lipinski definition) is 3. The van der Waals surface area contributed by atoms with Gasteiger partial charge in [0, 0.05) is 19.5 Å². The number of primary amides is 1. The fourth-order valence-electron chi connectivity index (χ4n) is 3.41. The molecule has 0 radical (unpaired) electrons. The summed E-state index contributed by atoms with van der Waals surface area (Å²) < 4.78 is 0. The third-order valence-corrected chi connectivity index (χ3v) is 4.82. The van der Waals surface area contributed by atoms with E-state index in [9.17, 15) is 9.59 Å². The van der Waals surface area contributed by atoms with E-state index >= 15 is 0 Å². The number of carbonyl (C=O) groups is 2. The average molecular weight is 267 g/mol. The van der Waals surface area contributed by atoms with Gasteiger partial charge in [-0.25, -0.2) is 0 Å². The zero-order chi connectivity index (χ0) is 13.9. The molecule has 1 saturated heterocycles. The second kappa shape index (κ2) is 5.90. The second-order valence-electron chi connectivity index (χ2n) is 6.17. The van der Waals surface area contributed by atoms with E-state index in [4.69, 9.17) is 11.5 Å². The minimum absolute atomic E-state index is 0.000142. The van der Waals surface area contributed by atoms with E-state index in [-0.39, 0.29) is 23.1 Å². The summed E-state index contributed by atoms with van der Waals surface area (Å²) in [6.45, 7) is 1.74. The lowest BCUT2D eigenvalue weighted by Gasteiger charge is -2.36. The van der Waals surface area contributed by atoms with Crippen LogP contribution in [-0.4, -0.2) is 36.3 Å². The third kappa shape index (κ3) is 3.26. The molecule has 5 heteroatoms. The number of hydrogen-bond donors (Lipinski definition) is 2. The lowest BCUT2D eigenvalue weighted by molar-refractivity contribution is -0.133. The predicted octanol–water partition coefficient (Wildman–Crippen LogP) is 0.619. The molecule has 1 aliphatic heterocycles. The van der Waals surface area contributed by atoms with Crippen molar-refractivity contribution in [1.82, 2.24) is 4.90 Å². The van der Waals surface area contributed by atoms with Crippen molar-refractivity contribution in [2.45, 2.75) is 44.9 Å². The van der Waals surface area contributed by atoms with Crippen LogP contribution in [0.3, 0.4) is 0 Å². The molecule has 5 nitrogen and oxygen atoms in total. The highest BCUT2D eigenvalue weighted by atomic mass is 16.2. The molecule has 0 bridgehead atoms. The van der Waals surface area contributed by atoms with Crippen LogP contribution >= 0.6 is 0 Å². The van der Waals surface area contributed by atoms with E-state index in [0.29, 0.717) is 32.5 Å². The van der Waals surface area contributed by atoms with Crippen molar-refractivity contribution in [3.05, 3.63) is 0 Å². The van der Waals surface area contributed by atoms with Crippen molar-refractivity contribution in [3.63, 3.8) is 0 Å². The summed E-state index contributed by atoms with van der Waals surface area (Å²) in [7, 11) is 0. The molecular weight excluding hydrogens is 242 g/mol. The van der Waals surface area contributed by atoms with Gasteiger partial charge in [0.2, 0.25) is 11.8 Å². The lowest BCUT2D eigenvalue weighted by atomic mass is 9.71. The van der Waals surface area contributed by atoms with Crippen molar-refractivity contribution >= 4 is 11.8 Å². The van der Waals surface area contributed by atoms with E-state index in [0.717, 1.165) is 12.8 Å². The molecule has 1 heterocycles. The minimum Gasteiger partial charge on any atom is -0.369 e. The molecule has 4 N–H and O–H groups in total. The summed E-state index contributed by atoms with van der Waals surface area (Å²) in [4.78, 5) is 25.3. The summed E-state index contributed by atoms with van der Waals surface area (Å²) in [6, 6.07) is 0. The van der Waals surface area contributed by atoms with Gasteiger partial charge in [-0.15, -0.1) is 0 Å². The second-order valence-corrected chi connectivity index (χ2v) is 6.17. The number of carbonyl (C=O) groups excluding carboxylic acids is 2. The molecular formula is C14H25N3O2. The van der Waals surface area contributed by atoms with Crippen LogP contribution in [0.5, 0.6) is 0 Å². The largest absolute Gasteiger partial charge is 0.369 e. The predicted molar refractivity (Wildman–Crippen MR) is 73.1 cm³/mol. The Bertz CT molecular complexity index is 351. The van der Waals surface area contributed by atoms with E-state index in [2.05, 4.69) is 0 Å². The van der Waals surface area contributed by atoms with Crippen molar-refractivity contribution in [1.29, 1.82) is 0 Å². The Labute approximate surface area is 114 Å². The van der Waals surface area contributed by atoms with E-state index in [1.807, 2.05) is 0 Å². The summed E-state index contributed by atoms with van der Waals surface area (Å²) in [6.07, 6.45) is 6.96. The lowest BCUT2D eigenvalue weighted by Crippen LogP contribution is -2.40. The molecule has 0 aromatic carbocycles. The Morgan fingerprint density at radius 2 is 1.89 bits per heavy atom. The minimum atomic E-state index is -0.290. The number of amides is 2. The summed E-state index contributed by atoms with van der Waals surface area (Å²) in [5.74, 6) is -0.304. The van der Waals surface area contributed by atoms with Gasteiger partial charge in [-0.05, 0) is 31.2 Å². The van der Waals surface area contributed by atoms with Crippen LogP contribution in [0.1, 0.15) is 44.9 Å². The Morgan fingerprint density at radius 3 is 2.42 bits per heavy atom. The van der Waals surface area contributed by atoms with Gasteiger partial charge in [0.1, 0.15) is 0 Å². The maximum absolute atomic E-state index is 12.4. The highest BCUT2D eigenvalue weighted by molar-refractivity contribution is 5.81. The summed E-state index contributed by atoms with van der Waals surface area (Å²) >= 11 is 0. The van der Waals surface area contributed by atoms with Crippen LogP contribution in [0.25, 0.3) is 0 Å². The molecule has 1 saturated carbocycles. The first kappa shape index (κ1) is 14.3. The number of rotatable bonds is 4. The molecule has 0 aromatic rings. The number of likely N-dealkylation sites (tertiary alicyclic amines) is 1. The fourth-order valence-corrected chi connectivity index (χ4v) is 3.41. The molecule has 1 atom stereocenters. The zero-order valence-electron chi connectivity index (χ0n) is 11.6. The van der Waals surface area contributed by atoms with Gasteiger partial charge in [-0.1, -0.05) is 19.3 Å². The first-order valence-corrected chi connectivity index (χ1v) is 7.33. The van der Waals surface area contributed by atoms with Gasteiger partial charge in [-0.3, -0.25) is 9.59 Å². The van der Waals surface area contributed by atoms with Crippen LogP contribution in [0.15, 0.2) is 0 Å². The average Bonchev–Trinajstić information content (AvgIpc) is 2.89. The Balaban J connectivity index is 1.91. The van der Waals surface area contributed by atoms with Crippen molar-refractivity contribution in [2.75, 3.05) is 19.6 Å². The maximum atomic E-state index is 12.4. The first-order valence-electron chi connectivity index (χ1n) is 7.33. The molecule has 0 aromatic heterocycles. The van der Waals surface area contributed by atoms with Crippen LogP contribution in [-0.2, 0) is 9.59 Å². The molecule has 1 unspecified atom stereocenters. The molecule has 19 heavy (non-hydrogen) atoms. The van der Waals surface area contributed by atoms with Crippen molar-refractivity contribution in [2.24, 2.45) is 22.8 Å². The Kier molecular flexibility index (Phi) is 4.45. The normalized spacial score (nSPS) is 26.4. The quantitative estimate of drug-likeness (QED) is 0.782. The van der Waals surface area contributed by atoms with E-state index in [1.165, 1.54) is 19.3 Å². The summed E-state index contributed by atoms with van der Waals surface area (Å²) in [5, 5.41) is 0. The van der Waals surface area contributed by atoms with Gasteiger partial charge in [0.25, 0.3) is 0 Å². The Morgan fingerprint density at radius 1 is 1.21 bits per heavy atom. The topological polar surface area (TPSA) is 89.4 Å². The number of nitrogens with zero attached hydrogens (tertiary/aromatic N) is 1. The van der Waals surface area contributed by atoms with Gasteiger partial charge in [0.05, 0.1) is 5.92 Å². The monoisotopic (exact) mass is 267 g/mol. The third-order valence-electron chi connectivity index (χ3n) is 4.82. The van der Waals surface area contributed by atoms with Gasteiger partial charge in [0.15, 0.2) is 0 Å². The summed E-state index contributed by atoms with van der Waals surface area (Å²) in [5.41, 5.74) is 11.2. The van der Waals surface area contributed by atoms with Gasteiger partial charge in [-0.2, -0.15) is 0 Å². The molecule has 0 spiro atoms. The van der Waals surface area contributed by atoms with Crippen LogP contribution in [0, 0.1) is 11.3 Å². The number of nitrogens with two attached hydrogens (primary N) is 2. The standard InChI is InChI=1S/C14H25N3O2/c15-10-14(5-2-1-3-6-14)8-12(18)17-7-4-11(9-17)13(16)19/h11H,1-10,15H2,(H2,16,19). The molecule has 2 fully saturated rings. The first-order chi connectivity index (χ1) is 9.06. The van der Waals surface area contributed by atoms with Gasteiger partial charge >= 0.3 is 0 Å². The molecule has 1 aliphatic carbocycles. The highest BCUT2D eigenvalue weighted by Gasteiger charge is 2.36. The Hall–Kier alpha value is -1.10. The molecule has 2 aliphatic rings. The van der Waals surface area contributed by atoms with Crippen molar-refractivity contribution < 1.29 is 9.59 Å². The maximum Gasteiger partial charge on any atom is 0.223 e. The van der Waals surface area contributed by atoms with Crippen LogP contribution in [0.2, 0.25) is 0 Å². The van der Waals surface area contributed by atoms with E-state index in [1.54, 1.807) is 4.90 Å². The van der Waals surface area contributed by atoms with Crippen molar-refractivity contribution in [3.8, 4) is 0 Å². The SMILES string of the molecule is NCC1(CC(=O)N2CCC(C(N)=O)C2)CCCCC1. The fraction of sp³-hybridized carbons (Fsp3) is 0.857. The van der Waals surface area contributed by atoms with Crippen LogP contribution < -0.4 is 11.5 Å². The van der Waals surface area contributed by atoms with E-state index < -0.39 is 0 Å².